The molecule has 1 aliphatic heterocycles. The molecule has 0 aliphatic carbocycles. The molecule has 0 spiro atoms. The zero-order chi connectivity index (χ0) is 12.1. The summed E-state index contributed by atoms with van der Waals surface area (Å²) in [4.78, 5) is 13.2. The fourth-order valence-corrected chi connectivity index (χ4v) is 2.29. The van der Waals surface area contributed by atoms with Gasteiger partial charge in [0.15, 0.2) is 6.79 Å². The number of benzene rings is 1. The van der Waals surface area contributed by atoms with Crippen LogP contribution in [0.5, 0.6) is 0 Å². The SMILES string of the molecule is O=C(OCO)N1CCCC(c2ccccc2)C1. The lowest BCUT2D eigenvalue weighted by molar-refractivity contribution is 0.0178. The van der Waals surface area contributed by atoms with E-state index >= 15 is 0 Å². The van der Waals surface area contributed by atoms with Crippen molar-refractivity contribution in [2.45, 2.75) is 18.8 Å². The minimum absolute atomic E-state index is 0.371. The number of carbonyl (C=O) groups is 1. The molecular formula is C13H17NO3. The summed E-state index contributed by atoms with van der Waals surface area (Å²) in [5.41, 5.74) is 1.26. The first-order valence-corrected chi connectivity index (χ1v) is 5.89. The highest BCUT2D eigenvalue weighted by Gasteiger charge is 2.25. The van der Waals surface area contributed by atoms with E-state index in [9.17, 15) is 4.79 Å². The Morgan fingerprint density at radius 2 is 2.18 bits per heavy atom. The van der Waals surface area contributed by atoms with Crippen molar-refractivity contribution in [3.63, 3.8) is 0 Å². The molecule has 4 heteroatoms. The first-order valence-electron chi connectivity index (χ1n) is 5.89. The van der Waals surface area contributed by atoms with Crippen molar-refractivity contribution >= 4 is 6.09 Å². The molecule has 1 aliphatic rings. The number of aliphatic hydroxyl groups excluding tert-OH is 1. The van der Waals surface area contributed by atoms with Gasteiger partial charge in [-0.15, -0.1) is 0 Å². The summed E-state index contributed by atoms with van der Waals surface area (Å²) in [6, 6.07) is 10.2. The highest BCUT2D eigenvalue weighted by Crippen LogP contribution is 2.26. The van der Waals surface area contributed by atoms with Crippen LogP contribution in [-0.2, 0) is 4.74 Å². The number of likely N-dealkylation sites (tertiary alicyclic amines) is 1. The molecule has 1 N–H and O–H groups in total. The van der Waals surface area contributed by atoms with Gasteiger partial charge in [-0.25, -0.2) is 4.79 Å². The Morgan fingerprint density at radius 3 is 2.88 bits per heavy atom. The Bertz CT molecular complexity index is 366. The van der Waals surface area contributed by atoms with Crippen LogP contribution >= 0.6 is 0 Å². The van der Waals surface area contributed by atoms with Crippen LogP contribution in [0.1, 0.15) is 24.3 Å². The lowest BCUT2D eigenvalue weighted by Gasteiger charge is -2.32. The van der Waals surface area contributed by atoms with Gasteiger partial charge in [-0.2, -0.15) is 0 Å². The molecule has 1 aromatic carbocycles. The van der Waals surface area contributed by atoms with Gasteiger partial charge in [0.05, 0.1) is 0 Å². The van der Waals surface area contributed by atoms with Gasteiger partial charge >= 0.3 is 6.09 Å². The second-order valence-electron chi connectivity index (χ2n) is 4.24. The first-order chi connectivity index (χ1) is 8.31. The third-order valence-electron chi connectivity index (χ3n) is 3.14. The van der Waals surface area contributed by atoms with E-state index in [0.29, 0.717) is 19.0 Å². The van der Waals surface area contributed by atoms with E-state index in [1.807, 2.05) is 18.2 Å². The third-order valence-corrected chi connectivity index (χ3v) is 3.14. The molecule has 0 saturated carbocycles. The van der Waals surface area contributed by atoms with Gasteiger partial charge in [0, 0.05) is 19.0 Å². The van der Waals surface area contributed by atoms with Crippen LogP contribution in [0, 0.1) is 0 Å². The third kappa shape index (κ3) is 2.97. The Balaban J connectivity index is 2.00. The fourth-order valence-electron chi connectivity index (χ4n) is 2.29. The van der Waals surface area contributed by atoms with Gasteiger partial charge in [-0.05, 0) is 18.4 Å². The summed E-state index contributed by atoms with van der Waals surface area (Å²) in [5.74, 6) is 0.371. The average molecular weight is 235 g/mol. The summed E-state index contributed by atoms with van der Waals surface area (Å²) in [6.45, 7) is 0.830. The summed E-state index contributed by atoms with van der Waals surface area (Å²) in [7, 11) is 0. The second-order valence-corrected chi connectivity index (χ2v) is 4.24. The van der Waals surface area contributed by atoms with E-state index in [0.717, 1.165) is 12.8 Å². The van der Waals surface area contributed by atoms with Gasteiger partial charge in [-0.1, -0.05) is 30.3 Å². The van der Waals surface area contributed by atoms with Crippen LogP contribution in [0.2, 0.25) is 0 Å². The van der Waals surface area contributed by atoms with Crippen molar-refractivity contribution in [3.05, 3.63) is 35.9 Å². The Morgan fingerprint density at radius 1 is 1.41 bits per heavy atom. The van der Waals surface area contributed by atoms with Crippen molar-refractivity contribution in [1.82, 2.24) is 4.90 Å². The number of amides is 1. The van der Waals surface area contributed by atoms with E-state index in [1.54, 1.807) is 4.90 Å². The highest BCUT2D eigenvalue weighted by molar-refractivity contribution is 5.67. The highest BCUT2D eigenvalue weighted by atomic mass is 16.6. The maximum atomic E-state index is 11.5. The van der Waals surface area contributed by atoms with Crippen LogP contribution in [0.4, 0.5) is 4.79 Å². The van der Waals surface area contributed by atoms with Gasteiger partial charge in [-0.3, -0.25) is 0 Å². The van der Waals surface area contributed by atoms with Gasteiger partial charge in [0.1, 0.15) is 0 Å². The minimum Gasteiger partial charge on any atom is -0.422 e. The average Bonchev–Trinajstić information content (AvgIpc) is 2.40. The van der Waals surface area contributed by atoms with Gasteiger partial charge in [0.2, 0.25) is 0 Å². The predicted octanol–water partition coefficient (Wildman–Crippen LogP) is 1.95. The molecule has 1 unspecified atom stereocenters. The molecule has 4 nitrogen and oxygen atoms in total. The number of aliphatic hydroxyl groups is 1. The van der Waals surface area contributed by atoms with Crippen molar-refractivity contribution < 1.29 is 14.6 Å². The summed E-state index contributed by atoms with van der Waals surface area (Å²) in [5, 5.41) is 8.58. The number of hydrogen-bond donors (Lipinski definition) is 1. The van der Waals surface area contributed by atoms with Crippen LogP contribution in [0.15, 0.2) is 30.3 Å². The smallest absolute Gasteiger partial charge is 0.411 e. The second kappa shape index (κ2) is 5.68. The topological polar surface area (TPSA) is 49.8 Å². The molecule has 17 heavy (non-hydrogen) atoms. The summed E-state index contributed by atoms with van der Waals surface area (Å²) < 4.78 is 4.61. The summed E-state index contributed by atoms with van der Waals surface area (Å²) >= 11 is 0. The van der Waals surface area contributed by atoms with Gasteiger partial charge in [0.25, 0.3) is 0 Å². The lowest BCUT2D eigenvalue weighted by atomic mass is 9.91. The minimum atomic E-state index is -0.550. The van der Waals surface area contributed by atoms with Crippen molar-refractivity contribution in [2.75, 3.05) is 19.9 Å². The molecule has 0 aromatic heterocycles. The number of rotatable bonds is 2. The number of carbonyl (C=O) groups excluding carboxylic acids is 1. The molecule has 0 radical (unpaired) electrons. The van der Waals surface area contributed by atoms with E-state index in [4.69, 9.17) is 5.11 Å². The molecule has 1 atom stereocenters. The van der Waals surface area contributed by atoms with Crippen molar-refractivity contribution in [1.29, 1.82) is 0 Å². The van der Waals surface area contributed by atoms with E-state index in [-0.39, 0.29) is 0 Å². The number of ether oxygens (including phenoxy) is 1. The predicted molar refractivity (Wildman–Crippen MR) is 63.6 cm³/mol. The zero-order valence-electron chi connectivity index (χ0n) is 9.71. The first kappa shape index (κ1) is 11.9. The normalized spacial score (nSPS) is 20.1. The molecule has 1 heterocycles. The van der Waals surface area contributed by atoms with Crippen LogP contribution in [-0.4, -0.2) is 36.0 Å². The molecule has 2 rings (SSSR count). The largest absolute Gasteiger partial charge is 0.422 e. The van der Waals surface area contributed by atoms with Crippen LogP contribution in [0.3, 0.4) is 0 Å². The van der Waals surface area contributed by atoms with Crippen molar-refractivity contribution in [3.8, 4) is 0 Å². The number of nitrogens with zero attached hydrogens (tertiary/aromatic N) is 1. The van der Waals surface area contributed by atoms with Crippen molar-refractivity contribution in [2.24, 2.45) is 0 Å². The molecule has 1 saturated heterocycles. The lowest BCUT2D eigenvalue weighted by Crippen LogP contribution is -2.39. The standard InChI is InChI=1S/C13H17NO3/c15-10-17-13(16)14-8-4-7-12(9-14)11-5-2-1-3-6-11/h1-3,5-6,12,15H,4,7-10H2. The molecule has 0 bridgehead atoms. The Hall–Kier alpha value is -1.55. The number of hydrogen-bond acceptors (Lipinski definition) is 3. The van der Waals surface area contributed by atoms with Gasteiger partial charge < -0.3 is 14.7 Å². The van der Waals surface area contributed by atoms with E-state index < -0.39 is 12.9 Å². The van der Waals surface area contributed by atoms with Crippen LogP contribution in [0.25, 0.3) is 0 Å². The molecular weight excluding hydrogens is 218 g/mol. The quantitative estimate of drug-likeness (QED) is 0.797. The summed E-state index contributed by atoms with van der Waals surface area (Å²) in [6.07, 6.45) is 1.64. The zero-order valence-corrected chi connectivity index (χ0v) is 9.71. The number of piperidine rings is 1. The fraction of sp³-hybridized carbons (Fsp3) is 0.462. The van der Waals surface area contributed by atoms with E-state index in [2.05, 4.69) is 16.9 Å². The molecule has 1 fully saturated rings. The molecule has 1 amide bonds. The Kier molecular flexibility index (Phi) is 3.98. The maximum absolute atomic E-state index is 11.5. The molecule has 92 valence electrons. The Labute approximate surface area is 101 Å². The maximum Gasteiger partial charge on any atom is 0.411 e. The van der Waals surface area contributed by atoms with Crippen LogP contribution < -0.4 is 0 Å². The molecule has 1 aromatic rings. The van der Waals surface area contributed by atoms with E-state index in [1.165, 1.54) is 5.56 Å². The monoisotopic (exact) mass is 235 g/mol.